The highest BCUT2D eigenvalue weighted by atomic mass is 35.5. The van der Waals surface area contributed by atoms with E-state index in [4.69, 9.17) is 20.9 Å². The summed E-state index contributed by atoms with van der Waals surface area (Å²) in [5.74, 6) is 0.529. The van der Waals surface area contributed by atoms with Crippen molar-refractivity contribution >= 4 is 48.5 Å². The first-order valence-corrected chi connectivity index (χ1v) is 8.55. The van der Waals surface area contributed by atoms with E-state index in [1.807, 2.05) is 40.0 Å². The molecule has 0 saturated carbocycles. The molecule has 1 saturated heterocycles. The van der Waals surface area contributed by atoms with Crippen LogP contribution >= 0.6 is 24.2 Å². The van der Waals surface area contributed by atoms with Crippen LogP contribution in [0, 0.1) is 0 Å². The monoisotopic (exact) mass is 350 g/mol. The summed E-state index contributed by atoms with van der Waals surface area (Å²) in [6, 6.07) is 1.78. The summed E-state index contributed by atoms with van der Waals surface area (Å²) >= 11 is 10.8. The molecule has 0 atom stereocenters. The highest BCUT2D eigenvalue weighted by Crippen LogP contribution is 2.39. The Kier molecular flexibility index (Phi) is 4.30. The van der Waals surface area contributed by atoms with Gasteiger partial charge in [0.15, 0.2) is 0 Å². The Balaban J connectivity index is 2.00. The molecule has 3 heterocycles. The molecule has 0 radical (unpaired) electrons. The van der Waals surface area contributed by atoms with Gasteiger partial charge in [0.2, 0.25) is 0 Å². The highest BCUT2D eigenvalue weighted by molar-refractivity contribution is 7.80. The minimum atomic E-state index is -0.419. The van der Waals surface area contributed by atoms with Gasteiger partial charge in [-0.15, -0.1) is 0 Å². The van der Waals surface area contributed by atoms with E-state index >= 15 is 0 Å². The summed E-state index contributed by atoms with van der Waals surface area (Å²) in [5, 5.41) is 1.56. The van der Waals surface area contributed by atoms with Gasteiger partial charge in [-0.2, -0.15) is 12.6 Å². The molecule has 4 nitrogen and oxygen atoms in total. The lowest BCUT2D eigenvalue weighted by atomic mass is 9.78. The third kappa shape index (κ3) is 2.93. The summed E-state index contributed by atoms with van der Waals surface area (Å²) in [4.78, 5) is 7.42. The van der Waals surface area contributed by atoms with Crippen molar-refractivity contribution in [2.45, 2.75) is 38.9 Å². The fraction of sp³-hybridized carbons (Fsp3) is 0.438. The molecule has 0 aliphatic carbocycles. The lowest BCUT2D eigenvalue weighted by molar-refractivity contribution is 0.00578. The van der Waals surface area contributed by atoms with Crippen molar-refractivity contribution in [1.29, 1.82) is 0 Å². The summed E-state index contributed by atoms with van der Waals surface area (Å²) in [5.41, 5.74) is 1.92. The summed E-state index contributed by atoms with van der Waals surface area (Å²) in [6.07, 6.45) is 5.59. The largest absolute Gasteiger partial charge is 0.491 e. The maximum absolute atomic E-state index is 6.31. The van der Waals surface area contributed by atoms with Gasteiger partial charge < -0.3 is 14.3 Å². The minimum Gasteiger partial charge on any atom is -0.400 e. The van der Waals surface area contributed by atoms with Crippen molar-refractivity contribution in [3.05, 3.63) is 34.5 Å². The van der Waals surface area contributed by atoms with E-state index in [0.29, 0.717) is 10.8 Å². The molecule has 2 aromatic rings. The Morgan fingerprint density at radius 2 is 2.00 bits per heavy atom. The molecular formula is C16H20BClN2O2S. The smallest absolute Gasteiger partial charge is 0.400 e. The van der Waals surface area contributed by atoms with Gasteiger partial charge in [0.25, 0.3) is 0 Å². The summed E-state index contributed by atoms with van der Waals surface area (Å²) < 4.78 is 12.2. The van der Waals surface area contributed by atoms with Crippen LogP contribution in [0.25, 0.3) is 17.1 Å². The number of rotatable bonds is 3. The van der Waals surface area contributed by atoms with Gasteiger partial charge in [0.05, 0.1) is 16.2 Å². The maximum atomic E-state index is 6.31. The number of nitrogens with zero attached hydrogens (tertiary/aromatic N) is 1. The SMILES string of the molecule is CC1(C)OB(C(=Cc2c[nH]c3nccc(Cl)c23)CS)OC1(C)C. The molecule has 3 rings (SSSR count). The number of fused-ring (bicyclic) bond motifs is 1. The van der Waals surface area contributed by atoms with Crippen molar-refractivity contribution in [2.24, 2.45) is 0 Å². The van der Waals surface area contributed by atoms with Gasteiger partial charge in [0.1, 0.15) is 5.65 Å². The predicted molar refractivity (Wildman–Crippen MR) is 99.0 cm³/mol. The topological polar surface area (TPSA) is 47.1 Å². The van der Waals surface area contributed by atoms with Crippen molar-refractivity contribution < 1.29 is 9.31 Å². The van der Waals surface area contributed by atoms with Crippen LogP contribution in [0.1, 0.15) is 33.3 Å². The third-order valence-corrected chi connectivity index (χ3v) is 5.31. The number of nitrogens with one attached hydrogen (secondary N) is 1. The second-order valence-corrected chi connectivity index (χ2v) is 7.45. The molecule has 0 amide bonds. The first-order valence-electron chi connectivity index (χ1n) is 7.54. The van der Waals surface area contributed by atoms with Gasteiger partial charge in [-0.1, -0.05) is 17.7 Å². The first kappa shape index (κ1) is 16.9. The molecular weight excluding hydrogens is 331 g/mol. The molecule has 1 fully saturated rings. The second-order valence-electron chi connectivity index (χ2n) is 6.73. The van der Waals surface area contributed by atoms with Gasteiger partial charge >= 0.3 is 7.12 Å². The first-order chi connectivity index (χ1) is 10.7. The minimum absolute atomic E-state index is 0.376. The summed E-state index contributed by atoms with van der Waals surface area (Å²) in [6.45, 7) is 8.15. The van der Waals surface area contributed by atoms with Crippen molar-refractivity contribution in [1.82, 2.24) is 9.97 Å². The van der Waals surface area contributed by atoms with E-state index in [1.54, 1.807) is 12.3 Å². The molecule has 122 valence electrons. The second kappa shape index (κ2) is 5.85. The molecule has 7 heteroatoms. The normalized spacial score (nSPS) is 20.4. The molecule has 1 aliphatic heterocycles. The molecule has 1 N–H and O–H groups in total. The zero-order valence-corrected chi connectivity index (χ0v) is 15.3. The number of aromatic amines is 1. The van der Waals surface area contributed by atoms with E-state index in [-0.39, 0.29) is 11.2 Å². The predicted octanol–water partition coefficient (Wildman–Crippen LogP) is 4.16. The number of halogens is 1. The zero-order valence-electron chi connectivity index (χ0n) is 13.7. The van der Waals surface area contributed by atoms with Crippen LogP contribution in [0.3, 0.4) is 0 Å². The van der Waals surface area contributed by atoms with Crippen LogP contribution in [0.5, 0.6) is 0 Å². The Labute approximate surface area is 147 Å². The van der Waals surface area contributed by atoms with Gasteiger partial charge in [-0.3, -0.25) is 0 Å². The lowest BCUT2D eigenvalue weighted by Gasteiger charge is -2.32. The third-order valence-electron chi connectivity index (χ3n) is 4.63. The molecule has 0 aromatic carbocycles. The van der Waals surface area contributed by atoms with E-state index in [0.717, 1.165) is 22.1 Å². The standard InChI is InChI=1S/C16H20BClN2O2S/c1-15(2)16(3,4)22-17(21-15)11(9-23)7-10-8-20-14-13(10)12(18)5-6-19-14/h5-8,23H,9H2,1-4H3,(H,19,20). The van der Waals surface area contributed by atoms with E-state index < -0.39 is 7.12 Å². The summed E-state index contributed by atoms with van der Waals surface area (Å²) in [7, 11) is -0.419. The maximum Gasteiger partial charge on any atom is 0.491 e. The fourth-order valence-electron chi connectivity index (χ4n) is 2.54. The zero-order chi connectivity index (χ0) is 16.8. The Bertz CT molecular complexity index is 757. The number of hydrogen-bond donors (Lipinski definition) is 2. The number of thiol groups is 1. The molecule has 0 spiro atoms. The van der Waals surface area contributed by atoms with Crippen LogP contribution < -0.4 is 0 Å². The Morgan fingerprint density at radius 3 is 2.61 bits per heavy atom. The van der Waals surface area contributed by atoms with Crippen LogP contribution in [-0.4, -0.2) is 34.0 Å². The number of H-pyrrole nitrogens is 1. The number of hydrogen-bond acceptors (Lipinski definition) is 4. The van der Waals surface area contributed by atoms with E-state index in [2.05, 4.69) is 22.6 Å². The van der Waals surface area contributed by atoms with E-state index in [1.165, 1.54) is 0 Å². The van der Waals surface area contributed by atoms with Crippen molar-refractivity contribution in [2.75, 3.05) is 5.75 Å². The molecule has 23 heavy (non-hydrogen) atoms. The average molecular weight is 351 g/mol. The Morgan fingerprint density at radius 1 is 1.35 bits per heavy atom. The quantitative estimate of drug-likeness (QED) is 0.645. The fourth-order valence-corrected chi connectivity index (χ4v) is 3.03. The Hall–Kier alpha value is -0.945. The number of aromatic nitrogens is 2. The van der Waals surface area contributed by atoms with Gasteiger partial charge in [-0.25, -0.2) is 4.98 Å². The molecule has 1 aliphatic rings. The van der Waals surface area contributed by atoms with Crippen molar-refractivity contribution in [3.63, 3.8) is 0 Å². The van der Waals surface area contributed by atoms with E-state index in [9.17, 15) is 0 Å². The van der Waals surface area contributed by atoms with Gasteiger partial charge in [0, 0.05) is 29.1 Å². The lowest BCUT2D eigenvalue weighted by Crippen LogP contribution is -2.41. The van der Waals surface area contributed by atoms with Crippen LogP contribution in [-0.2, 0) is 9.31 Å². The molecule has 0 unspecified atom stereocenters. The van der Waals surface area contributed by atoms with Crippen LogP contribution in [0.2, 0.25) is 5.02 Å². The molecule has 2 aromatic heterocycles. The molecule has 0 bridgehead atoms. The average Bonchev–Trinajstić information content (AvgIpc) is 2.96. The number of pyridine rings is 1. The van der Waals surface area contributed by atoms with Gasteiger partial charge in [-0.05, 0) is 39.2 Å². The van der Waals surface area contributed by atoms with Crippen molar-refractivity contribution in [3.8, 4) is 0 Å². The van der Waals surface area contributed by atoms with Crippen LogP contribution in [0.15, 0.2) is 23.9 Å². The van der Waals surface area contributed by atoms with Crippen LogP contribution in [0.4, 0.5) is 0 Å². The highest BCUT2D eigenvalue weighted by Gasteiger charge is 2.52.